The van der Waals surface area contributed by atoms with Gasteiger partial charge in [0.05, 0.1) is 17.1 Å². The molecule has 0 atom stereocenters. The van der Waals surface area contributed by atoms with Gasteiger partial charge in [-0.25, -0.2) is 0 Å². The Morgan fingerprint density at radius 1 is 1.17 bits per heavy atom. The summed E-state index contributed by atoms with van der Waals surface area (Å²) in [7, 11) is 1.69. The minimum atomic E-state index is -0.247. The van der Waals surface area contributed by atoms with Gasteiger partial charge >= 0.3 is 0 Å². The molecule has 0 unspecified atom stereocenters. The third kappa shape index (κ3) is 4.73. The highest BCUT2D eigenvalue weighted by Gasteiger charge is 2.08. The Labute approximate surface area is 111 Å². The molecule has 0 aliphatic heterocycles. The van der Waals surface area contributed by atoms with Gasteiger partial charge in [-0.1, -0.05) is 23.7 Å². The summed E-state index contributed by atoms with van der Waals surface area (Å²) in [5.74, 6) is -0.354. The van der Waals surface area contributed by atoms with Gasteiger partial charge < -0.3 is 16.0 Å². The zero-order valence-electron chi connectivity index (χ0n) is 10.1. The second-order valence-electron chi connectivity index (χ2n) is 3.62. The number of nitrogens with one attached hydrogen (secondary N) is 3. The summed E-state index contributed by atoms with van der Waals surface area (Å²) in [6.45, 7) is 1.01. The number of likely N-dealkylation sites (N-methyl/N-ethyl adjacent to an activating group) is 1. The van der Waals surface area contributed by atoms with Crippen LogP contribution in [0.4, 0.5) is 0 Å². The zero-order valence-corrected chi connectivity index (χ0v) is 10.9. The van der Waals surface area contributed by atoms with E-state index < -0.39 is 0 Å². The predicted octanol–water partition coefficient (Wildman–Crippen LogP) is 0.405. The third-order valence-corrected chi connectivity index (χ3v) is 2.52. The summed E-state index contributed by atoms with van der Waals surface area (Å²) in [5.41, 5.74) is 0.431. The van der Waals surface area contributed by atoms with Crippen LogP contribution in [0.5, 0.6) is 0 Å². The van der Waals surface area contributed by atoms with E-state index in [4.69, 9.17) is 11.6 Å². The summed E-state index contributed by atoms with van der Waals surface area (Å²) in [4.78, 5) is 22.8. The first-order chi connectivity index (χ1) is 8.65. The van der Waals surface area contributed by atoms with Crippen molar-refractivity contribution in [3.63, 3.8) is 0 Å². The molecule has 6 heteroatoms. The maximum absolute atomic E-state index is 11.7. The minimum absolute atomic E-state index is 0.107. The number of rotatable bonds is 6. The molecule has 0 aromatic heterocycles. The molecule has 0 aliphatic rings. The number of hydrogen-bond acceptors (Lipinski definition) is 3. The second-order valence-corrected chi connectivity index (χ2v) is 4.02. The summed E-state index contributed by atoms with van der Waals surface area (Å²) >= 11 is 5.88. The van der Waals surface area contributed by atoms with Crippen LogP contribution < -0.4 is 16.0 Å². The molecule has 1 rings (SSSR count). The Bertz CT molecular complexity index is 424. The van der Waals surface area contributed by atoms with Gasteiger partial charge in [0.2, 0.25) is 5.91 Å². The summed E-state index contributed by atoms with van der Waals surface area (Å²) in [6.07, 6.45) is 0. The maximum atomic E-state index is 11.7. The van der Waals surface area contributed by atoms with Crippen LogP contribution in [0.15, 0.2) is 24.3 Å². The lowest BCUT2D eigenvalue weighted by molar-refractivity contribution is -0.120. The Kier molecular flexibility index (Phi) is 6.18. The van der Waals surface area contributed by atoms with E-state index in [-0.39, 0.29) is 18.4 Å². The van der Waals surface area contributed by atoms with E-state index in [9.17, 15) is 9.59 Å². The molecule has 18 heavy (non-hydrogen) atoms. The fraction of sp³-hybridized carbons (Fsp3) is 0.333. The van der Waals surface area contributed by atoms with Crippen molar-refractivity contribution in [3.8, 4) is 0 Å². The van der Waals surface area contributed by atoms with Gasteiger partial charge in [0.1, 0.15) is 0 Å². The first-order valence-electron chi connectivity index (χ1n) is 5.59. The average Bonchev–Trinajstić information content (AvgIpc) is 2.35. The van der Waals surface area contributed by atoms with Crippen molar-refractivity contribution in [2.75, 3.05) is 26.7 Å². The van der Waals surface area contributed by atoms with Crippen LogP contribution in [-0.4, -0.2) is 38.5 Å². The second kappa shape index (κ2) is 7.68. The lowest BCUT2D eigenvalue weighted by Crippen LogP contribution is -2.38. The van der Waals surface area contributed by atoms with Gasteiger partial charge in [-0.05, 0) is 19.2 Å². The predicted molar refractivity (Wildman–Crippen MR) is 70.7 cm³/mol. The topological polar surface area (TPSA) is 70.2 Å². The van der Waals surface area contributed by atoms with Crippen LogP contribution in [-0.2, 0) is 4.79 Å². The van der Waals surface area contributed by atoms with E-state index in [1.165, 1.54) is 0 Å². The first-order valence-corrected chi connectivity index (χ1v) is 5.97. The molecule has 98 valence electrons. The van der Waals surface area contributed by atoms with Crippen molar-refractivity contribution in [3.05, 3.63) is 34.9 Å². The molecule has 0 aliphatic carbocycles. The van der Waals surface area contributed by atoms with Gasteiger partial charge in [0, 0.05) is 13.1 Å². The smallest absolute Gasteiger partial charge is 0.252 e. The molecule has 0 saturated heterocycles. The molecule has 0 heterocycles. The number of halogens is 1. The monoisotopic (exact) mass is 269 g/mol. The maximum Gasteiger partial charge on any atom is 0.252 e. The number of carbonyl (C=O) groups is 2. The molecule has 0 fully saturated rings. The van der Waals surface area contributed by atoms with E-state index in [1.807, 2.05) is 0 Å². The molecule has 2 amide bonds. The molecule has 0 radical (unpaired) electrons. The van der Waals surface area contributed by atoms with E-state index in [1.54, 1.807) is 31.3 Å². The average molecular weight is 270 g/mol. The molecule has 3 N–H and O–H groups in total. The van der Waals surface area contributed by atoms with Crippen molar-refractivity contribution in [1.29, 1.82) is 0 Å². The Balaban J connectivity index is 2.30. The molecule has 1 aromatic rings. The third-order valence-electron chi connectivity index (χ3n) is 2.19. The largest absolute Gasteiger partial charge is 0.353 e. The highest BCUT2D eigenvalue weighted by Crippen LogP contribution is 2.14. The number of benzene rings is 1. The van der Waals surface area contributed by atoms with Crippen LogP contribution in [0.1, 0.15) is 10.4 Å². The van der Waals surface area contributed by atoms with Crippen molar-refractivity contribution in [2.24, 2.45) is 0 Å². The molecule has 1 aromatic carbocycles. The van der Waals surface area contributed by atoms with Gasteiger partial charge in [-0.15, -0.1) is 0 Å². The SMILES string of the molecule is CNCC(=O)NCCNC(=O)c1ccccc1Cl. The molecule has 5 nitrogen and oxygen atoms in total. The summed E-state index contributed by atoms with van der Waals surface area (Å²) < 4.78 is 0. The minimum Gasteiger partial charge on any atom is -0.353 e. The van der Waals surface area contributed by atoms with Crippen LogP contribution in [0.3, 0.4) is 0 Å². The molecular weight excluding hydrogens is 254 g/mol. The van der Waals surface area contributed by atoms with E-state index in [2.05, 4.69) is 16.0 Å². The normalized spacial score (nSPS) is 9.89. The lowest BCUT2D eigenvalue weighted by Gasteiger charge is -2.07. The van der Waals surface area contributed by atoms with Crippen LogP contribution in [0, 0.1) is 0 Å². The van der Waals surface area contributed by atoms with Gasteiger partial charge in [0.15, 0.2) is 0 Å². The number of hydrogen-bond donors (Lipinski definition) is 3. The lowest BCUT2D eigenvalue weighted by atomic mass is 10.2. The fourth-order valence-corrected chi connectivity index (χ4v) is 1.56. The summed E-state index contributed by atoms with van der Waals surface area (Å²) in [5, 5.41) is 8.48. The van der Waals surface area contributed by atoms with Crippen molar-refractivity contribution in [1.82, 2.24) is 16.0 Å². The Morgan fingerprint density at radius 2 is 1.83 bits per heavy atom. The zero-order chi connectivity index (χ0) is 13.4. The van der Waals surface area contributed by atoms with E-state index in [0.717, 1.165) is 0 Å². The van der Waals surface area contributed by atoms with Crippen molar-refractivity contribution in [2.45, 2.75) is 0 Å². The van der Waals surface area contributed by atoms with Gasteiger partial charge in [-0.3, -0.25) is 9.59 Å². The molecule has 0 spiro atoms. The molecule has 0 bridgehead atoms. The van der Waals surface area contributed by atoms with E-state index >= 15 is 0 Å². The Morgan fingerprint density at radius 3 is 2.50 bits per heavy atom. The summed E-state index contributed by atoms with van der Waals surface area (Å²) in [6, 6.07) is 6.81. The van der Waals surface area contributed by atoms with Crippen LogP contribution >= 0.6 is 11.6 Å². The van der Waals surface area contributed by atoms with Gasteiger partial charge in [-0.2, -0.15) is 0 Å². The molecular formula is C12H16ClN3O2. The van der Waals surface area contributed by atoms with Gasteiger partial charge in [0.25, 0.3) is 5.91 Å². The quantitative estimate of drug-likeness (QED) is 0.655. The number of carbonyl (C=O) groups excluding carboxylic acids is 2. The standard InChI is InChI=1S/C12H16ClN3O2/c1-14-8-11(17)15-6-7-16-12(18)9-4-2-3-5-10(9)13/h2-5,14H,6-8H2,1H3,(H,15,17)(H,16,18). The fourth-order valence-electron chi connectivity index (χ4n) is 1.34. The van der Waals surface area contributed by atoms with Crippen molar-refractivity contribution < 1.29 is 9.59 Å². The number of amides is 2. The first kappa shape index (κ1) is 14.5. The van der Waals surface area contributed by atoms with Crippen molar-refractivity contribution >= 4 is 23.4 Å². The van der Waals surface area contributed by atoms with Crippen LogP contribution in [0.2, 0.25) is 5.02 Å². The molecule has 0 saturated carbocycles. The van der Waals surface area contributed by atoms with E-state index in [0.29, 0.717) is 23.7 Å². The highest BCUT2D eigenvalue weighted by molar-refractivity contribution is 6.33. The van der Waals surface area contributed by atoms with Crippen LogP contribution in [0.25, 0.3) is 0 Å². The highest BCUT2D eigenvalue weighted by atomic mass is 35.5. The Hall–Kier alpha value is -1.59.